The summed E-state index contributed by atoms with van der Waals surface area (Å²) in [4.78, 5) is 29.4. The average molecular weight is 386 g/mol. The van der Waals surface area contributed by atoms with Crippen molar-refractivity contribution < 1.29 is 19.1 Å². The Bertz CT molecular complexity index is 721. The molecule has 4 rings (SSSR count). The van der Waals surface area contributed by atoms with Crippen molar-refractivity contribution in [2.45, 2.75) is 57.3 Å². The molecule has 3 heterocycles. The van der Waals surface area contributed by atoms with Gasteiger partial charge in [0.2, 0.25) is 5.91 Å². The van der Waals surface area contributed by atoms with Crippen molar-refractivity contribution in [1.82, 2.24) is 9.80 Å². The molecule has 0 radical (unpaired) electrons. The second-order valence-electron chi connectivity index (χ2n) is 8.28. The quantitative estimate of drug-likeness (QED) is 0.800. The Morgan fingerprint density at radius 1 is 1.18 bits per heavy atom. The normalized spacial score (nSPS) is 25.2. The number of rotatable bonds is 3. The number of likely N-dealkylation sites (tertiary alicyclic amines) is 1. The first kappa shape index (κ1) is 19.4. The molecule has 3 saturated heterocycles. The fraction of sp³-hybridized carbons (Fsp3) is 0.636. The predicted octanol–water partition coefficient (Wildman–Crippen LogP) is 2.28. The van der Waals surface area contributed by atoms with E-state index in [1.54, 1.807) is 0 Å². The molecular weight excluding hydrogens is 356 g/mol. The number of piperidine rings is 1. The van der Waals surface area contributed by atoms with Crippen molar-refractivity contribution in [3.8, 4) is 0 Å². The van der Waals surface area contributed by atoms with Crippen molar-refractivity contribution in [2.24, 2.45) is 0 Å². The fourth-order valence-electron chi connectivity index (χ4n) is 4.53. The van der Waals surface area contributed by atoms with Crippen LogP contribution in [0.1, 0.15) is 43.2 Å². The number of aryl methyl sites for hydroxylation is 1. The van der Waals surface area contributed by atoms with E-state index in [1.807, 2.05) is 21.9 Å². The van der Waals surface area contributed by atoms with Crippen molar-refractivity contribution >= 4 is 11.8 Å². The SMILES string of the molecule is Cc1ccccc1CN1CCOC2(CCN(C(=O)C3CCCO3)CC2)CC1=O. The Morgan fingerprint density at radius 2 is 1.96 bits per heavy atom. The van der Waals surface area contributed by atoms with E-state index in [2.05, 4.69) is 19.1 Å². The van der Waals surface area contributed by atoms with Gasteiger partial charge >= 0.3 is 0 Å². The summed E-state index contributed by atoms with van der Waals surface area (Å²) >= 11 is 0. The van der Waals surface area contributed by atoms with Gasteiger partial charge in [-0.2, -0.15) is 0 Å². The van der Waals surface area contributed by atoms with E-state index < -0.39 is 5.60 Å². The molecule has 0 aliphatic carbocycles. The van der Waals surface area contributed by atoms with E-state index in [4.69, 9.17) is 9.47 Å². The zero-order valence-corrected chi connectivity index (χ0v) is 16.7. The van der Waals surface area contributed by atoms with Crippen LogP contribution in [0.25, 0.3) is 0 Å². The number of benzene rings is 1. The first-order valence-electron chi connectivity index (χ1n) is 10.4. The summed E-state index contributed by atoms with van der Waals surface area (Å²) in [5.41, 5.74) is 1.96. The third kappa shape index (κ3) is 4.08. The number of amides is 2. The molecule has 28 heavy (non-hydrogen) atoms. The number of ether oxygens (including phenoxy) is 2. The van der Waals surface area contributed by atoms with Crippen molar-refractivity contribution in [3.63, 3.8) is 0 Å². The van der Waals surface area contributed by atoms with Gasteiger partial charge in [-0.3, -0.25) is 9.59 Å². The van der Waals surface area contributed by atoms with Crippen LogP contribution < -0.4 is 0 Å². The summed E-state index contributed by atoms with van der Waals surface area (Å²) in [6.45, 7) is 5.85. The molecule has 3 fully saturated rings. The number of nitrogens with zero attached hydrogens (tertiary/aromatic N) is 2. The molecule has 3 aliphatic heterocycles. The van der Waals surface area contributed by atoms with Gasteiger partial charge in [0.25, 0.3) is 5.91 Å². The van der Waals surface area contributed by atoms with Gasteiger partial charge in [-0.15, -0.1) is 0 Å². The zero-order chi connectivity index (χ0) is 19.6. The molecular formula is C22H30N2O4. The Hall–Kier alpha value is -1.92. The number of hydrogen-bond acceptors (Lipinski definition) is 4. The molecule has 3 aliphatic rings. The third-order valence-electron chi connectivity index (χ3n) is 6.41. The highest BCUT2D eigenvalue weighted by atomic mass is 16.5. The molecule has 6 nitrogen and oxygen atoms in total. The minimum Gasteiger partial charge on any atom is -0.372 e. The Kier molecular flexibility index (Phi) is 5.69. The predicted molar refractivity (Wildman–Crippen MR) is 105 cm³/mol. The standard InChI is InChI=1S/C22H30N2O4/c1-17-5-2-3-6-18(17)16-24-12-14-28-22(15-20(24)25)8-10-23(11-9-22)21(26)19-7-4-13-27-19/h2-3,5-6,19H,4,7-16H2,1H3. The van der Waals surface area contributed by atoms with Crippen LogP contribution in [0.3, 0.4) is 0 Å². The van der Waals surface area contributed by atoms with Gasteiger partial charge in [0.1, 0.15) is 6.10 Å². The molecule has 1 aromatic carbocycles. The van der Waals surface area contributed by atoms with E-state index in [1.165, 1.54) is 11.1 Å². The highest BCUT2D eigenvalue weighted by molar-refractivity contribution is 5.81. The monoisotopic (exact) mass is 386 g/mol. The summed E-state index contributed by atoms with van der Waals surface area (Å²) in [6, 6.07) is 8.20. The van der Waals surface area contributed by atoms with Crippen LogP contribution in [-0.4, -0.2) is 66.2 Å². The highest BCUT2D eigenvalue weighted by Gasteiger charge is 2.42. The van der Waals surface area contributed by atoms with E-state index in [-0.39, 0.29) is 17.9 Å². The van der Waals surface area contributed by atoms with Gasteiger partial charge in [0, 0.05) is 32.8 Å². The Labute approximate surface area is 166 Å². The van der Waals surface area contributed by atoms with Crippen LogP contribution in [0.2, 0.25) is 0 Å². The van der Waals surface area contributed by atoms with Crippen LogP contribution in [0.15, 0.2) is 24.3 Å². The molecule has 1 aromatic rings. The minimum atomic E-state index is -0.426. The smallest absolute Gasteiger partial charge is 0.251 e. The maximum absolute atomic E-state index is 13.0. The topological polar surface area (TPSA) is 59.1 Å². The summed E-state index contributed by atoms with van der Waals surface area (Å²) < 4.78 is 11.8. The van der Waals surface area contributed by atoms with E-state index >= 15 is 0 Å². The minimum absolute atomic E-state index is 0.105. The summed E-state index contributed by atoms with van der Waals surface area (Å²) in [5, 5.41) is 0. The van der Waals surface area contributed by atoms with Gasteiger partial charge in [0.15, 0.2) is 0 Å². The lowest BCUT2D eigenvalue weighted by atomic mass is 9.87. The van der Waals surface area contributed by atoms with Crippen LogP contribution in [0, 0.1) is 6.92 Å². The molecule has 0 bridgehead atoms. The number of carbonyl (C=O) groups excluding carboxylic acids is 2. The van der Waals surface area contributed by atoms with Crippen LogP contribution >= 0.6 is 0 Å². The first-order valence-corrected chi connectivity index (χ1v) is 10.4. The van der Waals surface area contributed by atoms with E-state index in [9.17, 15) is 9.59 Å². The van der Waals surface area contributed by atoms with Crippen LogP contribution in [-0.2, 0) is 25.6 Å². The largest absolute Gasteiger partial charge is 0.372 e. The molecule has 0 aromatic heterocycles. The zero-order valence-electron chi connectivity index (χ0n) is 16.7. The molecule has 1 spiro atoms. The van der Waals surface area contributed by atoms with E-state index in [0.717, 1.165) is 25.7 Å². The van der Waals surface area contributed by atoms with E-state index in [0.29, 0.717) is 45.8 Å². The number of hydrogen-bond donors (Lipinski definition) is 0. The summed E-state index contributed by atoms with van der Waals surface area (Å²) in [7, 11) is 0. The lowest BCUT2D eigenvalue weighted by Crippen LogP contribution is -2.51. The van der Waals surface area contributed by atoms with Gasteiger partial charge in [-0.1, -0.05) is 24.3 Å². The van der Waals surface area contributed by atoms with Gasteiger partial charge < -0.3 is 19.3 Å². The molecule has 6 heteroatoms. The second kappa shape index (κ2) is 8.21. The Morgan fingerprint density at radius 3 is 2.68 bits per heavy atom. The average Bonchev–Trinajstić information content (AvgIpc) is 3.19. The van der Waals surface area contributed by atoms with Gasteiger partial charge in [-0.25, -0.2) is 0 Å². The Balaban J connectivity index is 1.36. The van der Waals surface area contributed by atoms with Crippen molar-refractivity contribution in [3.05, 3.63) is 35.4 Å². The summed E-state index contributed by atoms with van der Waals surface area (Å²) in [6.07, 6.45) is 3.35. The van der Waals surface area contributed by atoms with Gasteiger partial charge in [-0.05, 0) is 43.7 Å². The highest BCUT2D eigenvalue weighted by Crippen LogP contribution is 2.33. The molecule has 2 amide bonds. The third-order valence-corrected chi connectivity index (χ3v) is 6.41. The maximum Gasteiger partial charge on any atom is 0.251 e. The lowest BCUT2D eigenvalue weighted by molar-refractivity contribution is -0.148. The molecule has 1 unspecified atom stereocenters. The van der Waals surface area contributed by atoms with Crippen molar-refractivity contribution in [1.29, 1.82) is 0 Å². The lowest BCUT2D eigenvalue weighted by Gasteiger charge is -2.41. The van der Waals surface area contributed by atoms with Crippen molar-refractivity contribution in [2.75, 3.05) is 32.8 Å². The molecule has 1 atom stereocenters. The molecule has 0 N–H and O–H groups in total. The first-order chi connectivity index (χ1) is 13.6. The maximum atomic E-state index is 13.0. The fourth-order valence-corrected chi connectivity index (χ4v) is 4.53. The molecule has 0 saturated carbocycles. The van der Waals surface area contributed by atoms with Gasteiger partial charge in [0.05, 0.1) is 18.6 Å². The second-order valence-corrected chi connectivity index (χ2v) is 8.28. The van der Waals surface area contributed by atoms with Crippen LogP contribution in [0.5, 0.6) is 0 Å². The van der Waals surface area contributed by atoms with Crippen LogP contribution in [0.4, 0.5) is 0 Å². The summed E-state index contributed by atoms with van der Waals surface area (Å²) in [5.74, 6) is 0.258. The molecule has 152 valence electrons. The number of carbonyl (C=O) groups is 2.